The van der Waals surface area contributed by atoms with Gasteiger partial charge in [-0.15, -0.1) is 0 Å². The van der Waals surface area contributed by atoms with Crippen LogP contribution in [0.3, 0.4) is 0 Å². The van der Waals surface area contributed by atoms with Gasteiger partial charge in [0.05, 0.1) is 0 Å². The predicted octanol–water partition coefficient (Wildman–Crippen LogP) is 3.44. The maximum Gasteiger partial charge on any atom is 0.0332 e. The van der Waals surface area contributed by atoms with E-state index in [2.05, 4.69) is 57.0 Å². The Morgan fingerprint density at radius 1 is 1.33 bits per heavy atom. The van der Waals surface area contributed by atoms with Crippen LogP contribution in [0.1, 0.15) is 53.9 Å². The first-order valence-electron chi connectivity index (χ1n) is 7.73. The molecule has 0 aromatic carbocycles. The van der Waals surface area contributed by atoms with E-state index in [1.807, 2.05) is 0 Å². The Labute approximate surface area is 114 Å². The second-order valence-corrected chi connectivity index (χ2v) is 5.78. The molecule has 106 valence electrons. The lowest BCUT2D eigenvalue weighted by molar-refractivity contribution is 0.0302. The fraction of sp³-hybridized carbons (Fsp3) is 0.875. The number of piperazine rings is 1. The van der Waals surface area contributed by atoms with Crippen LogP contribution in [0.2, 0.25) is 0 Å². The van der Waals surface area contributed by atoms with Crippen molar-refractivity contribution in [2.75, 3.05) is 19.6 Å². The van der Waals surface area contributed by atoms with Gasteiger partial charge in [0.15, 0.2) is 0 Å². The van der Waals surface area contributed by atoms with Gasteiger partial charge in [-0.2, -0.15) is 0 Å². The van der Waals surface area contributed by atoms with Crippen molar-refractivity contribution in [3.05, 3.63) is 12.2 Å². The second kappa shape index (κ2) is 7.30. The molecule has 2 nitrogen and oxygen atoms in total. The van der Waals surface area contributed by atoms with Crippen molar-refractivity contribution < 1.29 is 0 Å². The Hall–Kier alpha value is -0.340. The lowest BCUT2D eigenvalue weighted by Gasteiger charge is -2.50. The number of hydrogen-bond donors (Lipinski definition) is 1. The standard InChI is InChI=1S/C16H32N2/c1-6-10-11-18-12-15(14(5)7-2)17-13-16(18,8-3)9-4/h6,10,14-15,17H,7-9,11-13H2,1-5H3/b10-6+. The van der Waals surface area contributed by atoms with Crippen LogP contribution < -0.4 is 5.32 Å². The van der Waals surface area contributed by atoms with Crippen LogP contribution in [0.15, 0.2) is 12.2 Å². The first-order chi connectivity index (χ1) is 8.63. The monoisotopic (exact) mass is 252 g/mol. The third-order valence-corrected chi connectivity index (χ3v) is 4.99. The summed E-state index contributed by atoms with van der Waals surface area (Å²) in [7, 11) is 0. The molecule has 0 amide bonds. The van der Waals surface area contributed by atoms with Crippen LogP contribution in [0.25, 0.3) is 0 Å². The van der Waals surface area contributed by atoms with Gasteiger partial charge >= 0.3 is 0 Å². The third kappa shape index (κ3) is 3.36. The Balaban J connectivity index is 2.78. The third-order valence-electron chi connectivity index (χ3n) is 4.99. The molecular weight excluding hydrogens is 220 g/mol. The first kappa shape index (κ1) is 15.7. The fourth-order valence-electron chi connectivity index (χ4n) is 3.04. The maximum atomic E-state index is 3.80. The number of rotatable bonds is 6. The Bertz CT molecular complexity index is 256. The summed E-state index contributed by atoms with van der Waals surface area (Å²) in [5.41, 5.74) is 0.365. The smallest absolute Gasteiger partial charge is 0.0332 e. The molecular formula is C16H32N2. The van der Waals surface area contributed by atoms with Gasteiger partial charge in [-0.25, -0.2) is 0 Å². The zero-order valence-electron chi connectivity index (χ0n) is 13.0. The van der Waals surface area contributed by atoms with Gasteiger partial charge in [0.2, 0.25) is 0 Å². The predicted molar refractivity (Wildman–Crippen MR) is 80.9 cm³/mol. The van der Waals surface area contributed by atoms with Gasteiger partial charge in [0, 0.05) is 31.2 Å². The molecule has 0 saturated carbocycles. The van der Waals surface area contributed by atoms with Crippen molar-refractivity contribution in [2.24, 2.45) is 5.92 Å². The summed E-state index contributed by atoms with van der Waals surface area (Å²) in [6.07, 6.45) is 8.22. The van der Waals surface area contributed by atoms with Crippen LogP contribution in [0.5, 0.6) is 0 Å². The van der Waals surface area contributed by atoms with Crippen molar-refractivity contribution in [2.45, 2.75) is 65.5 Å². The van der Waals surface area contributed by atoms with E-state index in [0.29, 0.717) is 11.6 Å². The molecule has 1 aliphatic heterocycles. The molecule has 1 rings (SSSR count). The molecule has 1 aliphatic rings. The van der Waals surface area contributed by atoms with E-state index >= 15 is 0 Å². The highest BCUT2D eigenvalue weighted by molar-refractivity contribution is 5.00. The van der Waals surface area contributed by atoms with E-state index in [1.165, 1.54) is 25.8 Å². The van der Waals surface area contributed by atoms with Crippen LogP contribution in [-0.2, 0) is 0 Å². The summed E-state index contributed by atoms with van der Waals surface area (Å²) in [6, 6.07) is 0.659. The van der Waals surface area contributed by atoms with E-state index in [9.17, 15) is 0 Å². The second-order valence-electron chi connectivity index (χ2n) is 5.78. The largest absolute Gasteiger partial charge is 0.311 e. The molecule has 0 bridgehead atoms. The van der Waals surface area contributed by atoms with Crippen molar-refractivity contribution in [1.82, 2.24) is 10.2 Å². The van der Waals surface area contributed by atoms with Crippen LogP contribution in [0, 0.1) is 5.92 Å². The van der Waals surface area contributed by atoms with Crippen LogP contribution in [-0.4, -0.2) is 36.1 Å². The zero-order chi connectivity index (χ0) is 13.6. The van der Waals surface area contributed by atoms with E-state index in [0.717, 1.165) is 19.0 Å². The number of nitrogens with zero attached hydrogens (tertiary/aromatic N) is 1. The Morgan fingerprint density at radius 2 is 2.00 bits per heavy atom. The number of allylic oxidation sites excluding steroid dienone is 1. The summed E-state index contributed by atoms with van der Waals surface area (Å²) in [4.78, 5) is 2.71. The van der Waals surface area contributed by atoms with E-state index in [4.69, 9.17) is 0 Å². The molecule has 0 spiro atoms. The molecule has 2 atom stereocenters. The molecule has 1 fully saturated rings. The molecule has 1 saturated heterocycles. The zero-order valence-corrected chi connectivity index (χ0v) is 13.0. The summed E-state index contributed by atoms with van der Waals surface area (Å²) < 4.78 is 0. The summed E-state index contributed by atoms with van der Waals surface area (Å²) >= 11 is 0. The molecule has 0 radical (unpaired) electrons. The van der Waals surface area contributed by atoms with Crippen LogP contribution in [0.4, 0.5) is 0 Å². The molecule has 18 heavy (non-hydrogen) atoms. The number of hydrogen-bond acceptors (Lipinski definition) is 2. The minimum atomic E-state index is 0.365. The number of nitrogens with one attached hydrogen (secondary N) is 1. The average molecular weight is 252 g/mol. The highest BCUT2D eigenvalue weighted by atomic mass is 15.3. The molecule has 2 unspecified atom stereocenters. The van der Waals surface area contributed by atoms with Gasteiger partial charge in [-0.3, -0.25) is 4.90 Å². The fourth-order valence-corrected chi connectivity index (χ4v) is 3.04. The summed E-state index contributed by atoms with van der Waals surface area (Å²) in [5.74, 6) is 0.768. The molecule has 1 N–H and O–H groups in total. The van der Waals surface area contributed by atoms with Crippen molar-refractivity contribution in [1.29, 1.82) is 0 Å². The summed E-state index contributed by atoms with van der Waals surface area (Å²) in [5, 5.41) is 3.80. The molecule has 0 aliphatic carbocycles. The summed E-state index contributed by atoms with van der Waals surface area (Å²) in [6.45, 7) is 14.9. The molecule has 0 aromatic rings. The minimum absolute atomic E-state index is 0.365. The topological polar surface area (TPSA) is 15.3 Å². The normalized spacial score (nSPS) is 26.6. The molecule has 0 aromatic heterocycles. The van der Waals surface area contributed by atoms with Gasteiger partial charge in [0.1, 0.15) is 0 Å². The molecule has 1 heterocycles. The SMILES string of the molecule is C/C=C/CN1CC(C(C)CC)NCC1(CC)CC. The van der Waals surface area contributed by atoms with Gasteiger partial charge in [-0.1, -0.05) is 46.3 Å². The lowest BCUT2D eigenvalue weighted by Crippen LogP contribution is -2.65. The first-order valence-corrected chi connectivity index (χ1v) is 7.73. The maximum absolute atomic E-state index is 3.80. The quantitative estimate of drug-likeness (QED) is 0.729. The lowest BCUT2D eigenvalue weighted by atomic mass is 9.84. The highest BCUT2D eigenvalue weighted by Crippen LogP contribution is 2.28. The minimum Gasteiger partial charge on any atom is -0.311 e. The van der Waals surface area contributed by atoms with E-state index in [-0.39, 0.29) is 0 Å². The van der Waals surface area contributed by atoms with Gasteiger partial charge < -0.3 is 5.32 Å². The van der Waals surface area contributed by atoms with E-state index < -0.39 is 0 Å². The van der Waals surface area contributed by atoms with Gasteiger partial charge in [0.25, 0.3) is 0 Å². The van der Waals surface area contributed by atoms with Crippen LogP contribution >= 0.6 is 0 Å². The highest BCUT2D eigenvalue weighted by Gasteiger charge is 2.39. The van der Waals surface area contributed by atoms with Crippen molar-refractivity contribution in [3.63, 3.8) is 0 Å². The van der Waals surface area contributed by atoms with Gasteiger partial charge in [-0.05, 0) is 25.7 Å². The Morgan fingerprint density at radius 3 is 2.50 bits per heavy atom. The van der Waals surface area contributed by atoms with Crippen molar-refractivity contribution in [3.8, 4) is 0 Å². The average Bonchev–Trinajstić information content (AvgIpc) is 2.43. The Kier molecular flexibility index (Phi) is 6.37. The van der Waals surface area contributed by atoms with Crippen molar-refractivity contribution >= 4 is 0 Å². The van der Waals surface area contributed by atoms with E-state index in [1.54, 1.807) is 0 Å². The molecule has 2 heteroatoms.